The minimum atomic E-state index is 0.784. The molecule has 0 spiro atoms. The Balaban J connectivity index is 1.62. The standard InChI is InChI=1S/C17H23ClN4S/c1-13-12-22-16(23-13)9-11-21-17(19-2)20-10-3-4-14-5-7-15(18)8-6-14/h5-8,12H,3-4,9-11H2,1-2H3,(H2,19,20,21). The Morgan fingerprint density at radius 3 is 2.57 bits per heavy atom. The molecule has 1 heterocycles. The zero-order chi connectivity index (χ0) is 16.5. The predicted octanol–water partition coefficient (Wildman–Crippen LogP) is 3.45. The topological polar surface area (TPSA) is 49.3 Å². The number of guanidine groups is 1. The van der Waals surface area contributed by atoms with Gasteiger partial charge in [-0.3, -0.25) is 4.99 Å². The summed E-state index contributed by atoms with van der Waals surface area (Å²) in [6.07, 6.45) is 4.92. The first kappa shape index (κ1) is 17.8. The van der Waals surface area contributed by atoms with Crippen LogP contribution in [0.5, 0.6) is 0 Å². The second-order valence-electron chi connectivity index (χ2n) is 5.27. The summed E-state index contributed by atoms with van der Waals surface area (Å²) in [6.45, 7) is 3.80. The van der Waals surface area contributed by atoms with Gasteiger partial charge in [-0.2, -0.15) is 0 Å². The van der Waals surface area contributed by atoms with Gasteiger partial charge in [0, 0.05) is 42.7 Å². The maximum absolute atomic E-state index is 5.89. The number of rotatable bonds is 7. The van der Waals surface area contributed by atoms with Crippen LogP contribution in [0.3, 0.4) is 0 Å². The van der Waals surface area contributed by atoms with Crippen molar-refractivity contribution in [3.63, 3.8) is 0 Å². The number of nitrogens with one attached hydrogen (secondary N) is 2. The Morgan fingerprint density at radius 2 is 1.91 bits per heavy atom. The lowest BCUT2D eigenvalue weighted by molar-refractivity contribution is 0.738. The van der Waals surface area contributed by atoms with E-state index in [-0.39, 0.29) is 0 Å². The molecule has 0 aliphatic heterocycles. The van der Waals surface area contributed by atoms with Gasteiger partial charge in [-0.15, -0.1) is 11.3 Å². The van der Waals surface area contributed by atoms with Crippen LogP contribution in [0.1, 0.15) is 21.9 Å². The average Bonchev–Trinajstić information content (AvgIpc) is 2.97. The highest BCUT2D eigenvalue weighted by Gasteiger charge is 2.01. The van der Waals surface area contributed by atoms with Crippen LogP contribution in [-0.4, -0.2) is 31.1 Å². The maximum Gasteiger partial charge on any atom is 0.190 e. The van der Waals surface area contributed by atoms with Crippen molar-refractivity contribution in [1.82, 2.24) is 15.6 Å². The third-order valence-electron chi connectivity index (χ3n) is 3.37. The zero-order valence-corrected chi connectivity index (χ0v) is 15.2. The maximum atomic E-state index is 5.89. The van der Waals surface area contributed by atoms with Crippen LogP contribution >= 0.6 is 22.9 Å². The molecule has 124 valence electrons. The molecule has 0 saturated carbocycles. The van der Waals surface area contributed by atoms with E-state index in [1.165, 1.54) is 10.4 Å². The highest BCUT2D eigenvalue weighted by Crippen LogP contribution is 2.11. The number of nitrogens with zero attached hydrogens (tertiary/aromatic N) is 2. The van der Waals surface area contributed by atoms with E-state index in [1.54, 1.807) is 18.4 Å². The molecular formula is C17H23ClN4S. The minimum Gasteiger partial charge on any atom is -0.356 e. The summed E-state index contributed by atoms with van der Waals surface area (Å²) in [5.74, 6) is 0.842. The van der Waals surface area contributed by atoms with Crippen molar-refractivity contribution in [2.24, 2.45) is 4.99 Å². The highest BCUT2D eigenvalue weighted by atomic mass is 35.5. The zero-order valence-electron chi connectivity index (χ0n) is 13.6. The largest absolute Gasteiger partial charge is 0.356 e. The number of thiazole rings is 1. The van der Waals surface area contributed by atoms with Crippen LogP contribution in [0.2, 0.25) is 5.02 Å². The fourth-order valence-electron chi connectivity index (χ4n) is 2.18. The summed E-state index contributed by atoms with van der Waals surface area (Å²) in [7, 11) is 1.79. The summed E-state index contributed by atoms with van der Waals surface area (Å²) in [4.78, 5) is 9.86. The normalized spacial score (nSPS) is 11.5. The van der Waals surface area contributed by atoms with Crippen LogP contribution in [-0.2, 0) is 12.8 Å². The van der Waals surface area contributed by atoms with Crippen LogP contribution in [0, 0.1) is 6.92 Å². The third kappa shape index (κ3) is 6.59. The molecule has 2 rings (SSSR count). The number of aromatic nitrogens is 1. The Hall–Kier alpha value is -1.59. The molecule has 0 unspecified atom stereocenters. The summed E-state index contributed by atoms with van der Waals surface area (Å²) in [5, 5.41) is 8.60. The average molecular weight is 351 g/mol. The molecule has 1 aromatic heterocycles. The third-order valence-corrected chi connectivity index (χ3v) is 4.60. The van der Waals surface area contributed by atoms with Gasteiger partial charge < -0.3 is 10.6 Å². The lowest BCUT2D eigenvalue weighted by Crippen LogP contribution is -2.38. The number of benzene rings is 1. The van der Waals surface area contributed by atoms with E-state index in [4.69, 9.17) is 11.6 Å². The summed E-state index contributed by atoms with van der Waals surface area (Å²) in [5.41, 5.74) is 1.30. The summed E-state index contributed by atoms with van der Waals surface area (Å²) >= 11 is 7.63. The predicted molar refractivity (Wildman–Crippen MR) is 99.7 cm³/mol. The Bertz CT molecular complexity index is 622. The number of hydrogen-bond donors (Lipinski definition) is 2. The number of halogens is 1. The SMILES string of the molecule is CN=C(NCCCc1ccc(Cl)cc1)NCCc1ncc(C)s1. The van der Waals surface area contributed by atoms with Crippen LogP contribution in [0.4, 0.5) is 0 Å². The van der Waals surface area contributed by atoms with Gasteiger partial charge in [0.05, 0.1) is 5.01 Å². The second-order valence-corrected chi connectivity index (χ2v) is 7.03. The number of aryl methyl sites for hydroxylation is 2. The molecule has 0 radical (unpaired) electrons. The molecule has 2 N–H and O–H groups in total. The van der Waals surface area contributed by atoms with E-state index in [0.717, 1.165) is 48.3 Å². The quantitative estimate of drug-likeness (QED) is 0.457. The molecule has 2 aromatic rings. The highest BCUT2D eigenvalue weighted by molar-refractivity contribution is 7.11. The molecule has 23 heavy (non-hydrogen) atoms. The molecule has 0 bridgehead atoms. The Kier molecular flexibility index (Phi) is 7.36. The Labute approximate surface area is 147 Å². The van der Waals surface area contributed by atoms with Gasteiger partial charge in [-0.05, 0) is 37.5 Å². The van der Waals surface area contributed by atoms with E-state index >= 15 is 0 Å². The van der Waals surface area contributed by atoms with Gasteiger partial charge in [0.2, 0.25) is 0 Å². The van der Waals surface area contributed by atoms with Gasteiger partial charge >= 0.3 is 0 Å². The van der Waals surface area contributed by atoms with Crippen molar-refractivity contribution in [2.75, 3.05) is 20.1 Å². The van der Waals surface area contributed by atoms with Crippen molar-refractivity contribution in [1.29, 1.82) is 0 Å². The second kappa shape index (κ2) is 9.53. The molecule has 0 saturated heterocycles. The molecule has 6 heteroatoms. The molecule has 4 nitrogen and oxygen atoms in total. The smallest absolute Gasteiger partial charge is 0.190 e. The van der Waals surface area contributed by atoms with E-state index in [0.29, 0.717) is 0 Å². The van der Waals surface area contributed by atoms with Gasteiger partial charge in [-0.1, -0.05) is 23.7 Å². The van der Waals surface area contributed by atoms with Crippen molar-refractivity contribution in [3.05, 3.63) is 50.9 Å². The van der Waals surface area contributed by atoms with Crippen molar-refractivity contribution >= 4 is 28.9 Å². The molecule has 1 aromatic carbocycles. The van der Waals surface area contributed by atoms with E-state index < -0.39 is 0 Å². The van der Waals surface area contributed by atoms with E-state index in [1.807, 2.05) is 18.3 Å². The lowest BCUT2D eigenvalue weighted by atomic mass is 10.1. The van der Waals surface area contributed by atoms with Crippen molar-refractivity contribution < 1.29 is 0 Å². The summed E-state index contributed by atoms with van der Waals surface area (Å²) in [6, 6.07) is 8.02. The van der Waals surface area contributed by atoms with Crippen LogP contribution in [0.15, 0.2) is 35.5 Å². The van der Waals surface area contributed by atoms with Gasteiger partial charge in [0.15, 0.2) is 5.96 Å². The van der Waals surface area contributed by atoms with E-state index in [2.05, 4.69) is 39.7 Å². The molecule has 0 aliphatic rings. The lowest BCUT2D eigenvalue weighted by Gasteiger charge is -2.11. The number of aliphatic imine (C=N–C) groups is 1. The molecule has 0 fully saturated rings. The molecule has 0 atom stereocenters. The fourth-order valence-corrected chi connectivity index (χ4v) is 3.09. The number of hydrogen-bond acceptors (Lipinski definition) is 3. The summed E-state index contributed by atoms with van der Waals surface area (Å²) < 4.78 is 0. The van der Waals surface area contributed by atoms with E-state index in [9.17, 15) is 0 Å². The van der Waals surface area contributed by atoms with Gasteiger partial charge in [0.25, 0.3) is 0 Å². The molecular weight excluding hydrogens is 328 g/mol. The first-order chi connectivity index (χ1) is 11.2. The Morgan fingerprint density at radius 1 is 1.17 bits per heavy atom. The fraction of sp³-hybridized carbons (Fsp3) is 0.412. The van der Waals surface area contributed by atoms with Gasteiger partial charge in [0.1, 0.15) is 0 Å². The molecule has 0 amide bonds. The van der Waals surface area contributed by atoms with Crippen molar-refractivity contribution in [2.45, 2.75) is 26.2 Å². The minimum absolute atomic E-state index is 0.784. The molecule has 0 aliphatic carbocycles. The first-order valence-corrected chi connectivity index (χ1v) is 8.97. The van der Waals surface area contributed by atoms with Crippen LogP contribution in [0.25, 0.3) is 0 Å². The van der Waals surface area contributed by atoms with Crippen molar-refractivity contribution in [3.8, 4) is 0 Å². The first-order valence-electron chi connectivity index (χ1n) is 7.77. The monoisotopic (exact) mass is 350 g/mol. The van der Waals surface area contributed by atoms with Crippen LogP contribution < -0.4 is 10.6 Å². The van der Waals surface area contributed by atoms with Gasteiger partial charge in [-0.25, -0.2) is 4.98 Å².